The average molecular weight is 268 g/mol. The molecule has 0 saturated heterocycles. The first-order valence-corrected chi connectivity index (χ1v) is 5.45. The van der Waals surface area contributed by atoms with Crippen molar-refractivity contribution in [2.24, 2.45) is 0 Å². The molecule has 0 saturated carbocycles. The molecule has 1 unspecified atom stereocenters. The molecule has 0 aliphatic heterocycles. The molecule has 0 heterocycles. The van der Waals surface area contributed by atoms with E-state index in [2.05, 4.69) is 5.32 Å². The normalized spacial score (nSPS) is 11.4. The topological polar surface area (TPSA) is 96.0 Å². The Bertz CT molecular complexity index is 525. The molecule has 1 atom stereocenters. The van der Waals surface area contributed by atoms with E-state index in [1.165, 1.54) is 12.1 Å². The summed E-state index contributed by atoms with van der Waals surface area (Å²) in [6, 6.07) is 5.19. The largest absolute Gasteiger partial charge is 0.349 e. The maximum absolute atomic E-state index is 11.8. The van der Waals surface area contributed by atoms with Gasteiger partial charge in [0.2, 0.25) is 0 Å². The highest BCUT2D eigenvalue weighted by atomic mass is 35.5. The van der Waals surface area contributed by atoms with Crippen LogP contribution in [0.4, 0.5) is 5.69 Å². The molecular formula is C11H10ClN3O3. The van der Waals surface area contributed by atoms with Gasteiger partial charge < -0.3 is 5.32 Å². The molecule has 18 heavy (non-hydrogen) atoms. The monoisotopic (exact) mass is 267 g/mol. The van der Waals surface area contributed by atoms with Crippen LogP contribution in [0, 0.1) is 21.4 Å². The fraction of sp³-hybridized carbons (Fsp3) is 0.273. The summed E-state index contributed by atoms with van der Waals surface area (Å²) >= 11 is 5.81. The predicted octanol–water partition coefficient (Wildman–Crippen LogP) is 2.28. The van der Waals surface area contributed by atoms with Gasteiger partial charge >= 0.3 is 0 Å². The number of non-ortho nitro benzene ring substituents is 1. The van der Waals surface area contributed by atoms with Crippen LogP contribution in [0.3, 0.4) is 0 Å². The smallest absolute Gasteiger partial charge is 0.270 e. The highest BCUT2D eigenvalue weighted by Gasteiger charge is 2.17. The molecule has 0 radical (unpaired) electrons. The lowest BCUT2D eigenvalue weighted by atomic mass is 10.1. The van der Waals surface area contributed by atoms with E-state index < -0.39 is 10.8 Å². The second kappa shape index (κ2) is 5.98. The Labute approximate surface area is 108 Å². The summed E-state index contributed by atoms with van der Waals surface area (Å²) in [5.41, 5.74) is -0.187. The van der Waals surface area contributed by atoms with Crippen molar-refractivity contribution in [2.45, 2.75) is 19.4 Å². The van der Waals surface area contributed by atoms with E-state index in [4.69, 9.17) is 16.9 Å². The van der Waals surface area contributed by atoms with Gasteiger partial charge in [-0.2, -0.15) is 5.26 Å². The van der Waals surface area contributed by atoms with Crippen molar-refractivity contribution in [3.63, 3.8) is 0 Å². The summed E-state index contributed by atoms with van der Waals surface area (Å²) in [5.74, 6) is -0.536. The molecule has 7 heteroatoms. The first-order valence-electron chi connectivity index (χ1n) is 5.07. The van der Waals surface area contributed by atoms with Crippen LogP contribution in [0.15, 0.2) is 18.2 Å². The number of nitro groups is 1. The Morgan fingerprint density at radius 3 is 2.89 bits per heavy atom. The first kappa shape index (κ1) is 13.9. The van der Waals surface area contributed by atoms with Crippen LogP contribution < -0.4 is 5.32 Å². The number of benzene rings is 1. The molecule has 6 nitrogen and oxygen atoms in total. The summed E-state index contributed by atoms with van der Waals surface area (Å²) in [6.45, 7) is 1.66. The molecule has 94 valence electrons. The van der Waals surface area contributed by atoms with Gasteiger partial charge in [-0.25, -0.2) is 0 Å². The van der Waals surface area contributed by atoms with Crippen LogP contribution in [0.5, 0.6) is 0 Å². The zero-order valence-corrected chi connectivity index (χ0v) is 10.3. The molecule has 0 aromatic heterocycles. The molecule has 0 bridgehead atoms. The third kappa shape index (κ3) is 3.43. The zero-order valence-electron chi connectivity index (χ0n) is 9.51. The number of nitro benzene ring substituents is 1. The Kier molecular flexibility index (Phi) is 4.63. The third-order valence-electron chi connectivity index (χ3n) is 2.18. The van der Waals surface area contributed by atoms with Crippen LogP contribution in [-0.2, 0) is 0 Å². The minimum Gasteiger partial charge on any atom is -0.349 e. The lowest BCUT2D eigenvalue weighted by molar-refractivity contribution is -0.384. The molecule has 1 aromatic carbocycles. The van der Waals surface area contributed by atoms with E-state index in [0.717, 1.165) is 6.07 Å². The lowest BCUT2D eigenvalue weighted by Gasteiger charge is -2.10. The van der Waals surface area contributed by atoms with E-state index in [1.807, 2.05) is 6.07 Å². The number of rotatable bonds is 4. The van der Waals surface area contributed by atoms with Gasteiger partial charge in [-0.15, -0.1) is 0 Å². The van der Waals surface area contributed by atoms with E-state index in [1.54, 1.807) is 6.92 Å². The zero-order chi connectivity index (χ0) is 13.7. The van der Waals surface area contributed by atoms with Crippen LogP contribution in [0.2, 0.25) is 5.02 Å². The number of carbonyl (C=O) groups excluding carboxylic acids is 1. The maximum atomic E-state index is 11.8. The van der Waals surface area contributed by atoms with Gasteiger partial charge in [-0.3, -0.25) is 14.9 Å². The standard InChI is InChI=1S/C11H10ClN3O3/c1-7(4-5-13)14-11(16)9-6-8(15(17)18)2-3-10(9)12/h2-3,6-7H,4H2,1H3,(H,14,16). The highest BCUT2D eigenvalue weighted by Crippen LogP contribution is 2.22. The molecular weight excluding hydrogens is 258 g/mol. The average Bonchev–Trinajstić information content (AvgIpc) is 2.29. The second-order valence-electron chi connectivity index (χ2n) is 3.66. The van der Waals surface area contributed by atoms with Crippen molar-refractivity contribution in [2.75, 3.05) is 0 Å². The molecule has 0 aliphatic rings. The summed E-state index contributed by atoms with van der Waals surface area (Å²) in [6.07, 6.45) is 0.151. The summed E-state index contributed by atoms with van der Waals surface area (Å²) in [5, 5.41) is 21.7. The number of nitrogens with one attached hydrogen (secondary N) is 1. The maximum Gasteiger partial charge on any atom is 0.270 e. The number of halogens is 1. The fourth-order valence-electron chi connectivity index (χ4n) is 1.29. The number of carbonyl (C=O) groups is 1. The SMILES string of the molecule is CC(CC#N)NC(=O)c1cc([N+](=O)[O-])ccc1Cl. The van der Waals surface area contributed by atoms with Gasteiger partial charge in [0.25, 0.3) is 11.6 Å². The molecule has 0 aliphatic carbocycles. The van der Waals surface area contributed by atoms with E-state index in [-0.39, 0.29) is 28.7 Å². The Morgan fingerprint density at radius 2 is 2.33 bits per heavy atom. The van der Waals surface area contributed by atoms with E-state index in [9.17, 15) is 14.9 Å². The second-order valence-corrected chi connectivity index (χ2v) is 4.07. The first-order chi connectivity index (χ1) is 8.45. The summed E-state index contributed by atoms with van der Waals surface area (Å²) in [7, 11) is 0. The number of hydrogen-bond donors (Lipinski definition) is 1. The molecule has 0 spiro atoms. The van der Waals surface area contributed by atoms with Crippen LogP contribution in [0.1, 0.15) is 23.7 Å². The van der Waals surface area contributed by atoms with Crippen molar-refractivity contribution in [1.82, 2.24) is 5.32 Å². The summed E-state index contributed by atoms with van der Waals surface area (Å²) in [4.78, 5) is 21.8. The molecule has 1 aromatic rings. The van der Waals surface area contributed by atoms with Crippen LogP contribution in [0.25, 0.3) is 0 Å². The Morgan fingerprint density at radius 1 is 1.67 bits per heavy atom. The van der Waals surface area contributed by atoms with Crippen LogP contribution >= 0.6 is 11.6 Å². The van der Waals surface area contributed by atoms with Gasteiger partial charge in [0.15, 0.2) is 0 Å². The minimum absolute atomic E-state index is 0.0238. The quantitative estimate of drug-likeness (QED) is 0.668. The number of hydrogen-bond acceptors (Lipinski definition) is 4. The van der Waals surface area contributed by atoms with Crippen LogP contribution in [-0.4, -0.2) is 16.9 Å². The van der Waals surface area contributed by atoms with E-state index >= 15 is 0 Å². The molecule has 0 fully saturated rings. The Balaban J connectivity index is 2.95. The third-order valence-corrected chi connectivity index (χ3v) is 2.51. The van der Waals surface area contributed by atoms with Gasteiger partial charge in [0.1, 0.15) is 0 Å². The predicted molar refractivity (Wildman–Crippen MR) is 65.3 cm³/mol. The minimum atomic E-state index is -0.605. The van der Waals surface area contributed by atoms with Crippen molar-refractivity contribution >= 4 is 23.2 Å². The lowest BCUT2D eigenvalue weighted by Crippen LogP contribution is -2.32. The van der Waals surface area contributed by atoms with Gasteiger partial charge in [0, 0.05) is 18.2 Å². The molecule has 1 rings (SSSR count). The fourth-order valence-corrected chi connectivity index (χ4v) is 1.49. The number of amides is 1. The number of nitriles is 1. The highest BCUT2D eigenvalue weighted by molar-refractivity contribution is 6.33. The molecule has 1 N–H and O–H groups in total. The van der Waals surface area contributed by atoms with Crippen molar-refractivity contribution in [3.05, 3.63) is 38.9 Å². The van der Waals surface area contributed by atoms with Crippen molar-refractivity contribution in [3.8, 4) is 6.07 Å². The van der Waals surface area contributed by atoms with Gasteiger partial charge in [-0.05, 0) is 13.0 Å². The molecule has 1 amide bonds. The van der Waals surface area contributed by atoms with Crippen molar-refractivity contribution < 1.29 is 9.72 Å². The van der Waals surface area contributed by atoms with Crippen molar-refractivity contribution in [1.29, 1.82) is 5.26 Å². The van der Waals surface area contributed by atoms with E-state index in [0.29, 0.717) is 0 Å². The van der Waals surface area contributed by atoms with Gasteiger partial charge in [0.05, 0.1) is 28.0 Å². The Hall–Kier alpha value is -2.13. The van der Waals surface area contributed by atoms with Gasteiger partial charge in [-0.1, -0.05) is 11.6 Å². The number of nitrogens with zero attached hydrogens (tertiary/aromatic N) is 2. The summed E-state index contributed by atoms with van der Waals surface area (Å²) < 4.78 is 0.